The van der Waals surface area contributed by atoms with Gasteiger partial charge in [-0.2, -0.15) is 0 Å². The lowest BCUT2D eigenvalue weighted by Crippen LogP contribution is -2.07. The molecule has 1 aromatic heterocycles. The van der Waals surface area contributed by atoms with Crippen LogP contribution in [0.4, 0.5) is 0 Å². The molecule has 0 fully saturated rings. The van der Waals surface area contributed by atoms with Gasteiger partial charge in [-0.3, -0.25) is 0 Å². The van der Waals surface area contributed by atoms with Gasteiger partial charge >= 0.3 is 5.97 Å². The Morgan fingerprint density at radius 1 is 1.21 bits per heavy atom. The third-order valence-electron chi connectivity index (χ3n) is 2.57. The zero-order chi connectivity index (χ0) is 14.0. The minimum Gasteiger partial charge on any atom is -0.464 e. The number of aromatic nitrogens is 2. The first-order valence-electron chi connectivity index (χ1n) is 5.41. The molecule has 0 radical (unpaired) electrons. The molecule has 0 bridgehead atoms. The summed E-state index contributed by atoms with van der Waals surface area (Å²) < 4.78 is 4.59. The molecule has 0 aliphatic carbocycles. The van der Waals surface area contributed by atoms with Crippen molar-refractivity contribution in [1.29, 1.82) is 0 Å². The van der Waals surface area contributed by atoms with Crippen LogP contribution in [0, 0.1) is 6.92 Å². The molecule has 0 atom stereocenters. The highest BCUT2D eigenvalue weighted by Gasteiger charge is 2.14. The molecule has 4 nitrogen and oxygen atoms in total. The van der Waals surface area contributed by atoms with E-state index in [1.165, 1.54) is 7.11 Å². The predicted octanol–water partition coefficient (Wildman–Crippen LogP) is 3.55. The Labute approximate surface area is 120 Å². The van der Waals surface area contributed by atoms with Crippen LogP contribution in [0.15, 0.2) is 24.3 Å². The van der Waals surface area contributed by atoms with E-state index in [1.54, 1.807) is 24.3 Å². The number of nitrogens with zero attached hydrogens (tertiary/aromatic N) is 2. The Hall–Kier alpha value is -1.65. The lowest BCUT2D eigenvalue weighted by Gasteiger charge is -2.07. The van der Waals surface area contributed by atoms with E-state index in [1.807, 2.05) is 6.92 Å². The Balaban J connectivity index is 2.49. The van der Waals surface area contributed by atoms with Gasteiger partial charge in [-0.1, -0.05) is 23.2 Å². The number of carbonyl (C=O) groups is 1. The molecule has 19 heavy (non-hydrogen) atoms. The topological polar surface area (TPSA) is 52.1 Å². The third-order valence-corrected chi connectivity index (χ3v) is 3.11. The van der Waals surface area contributed by atoms with Gasteiger partial charge in [-0.25, -0.2) is 4.79 Å². The van der Waals surface area contributed by atoms with Crippen LogP contribution in [0.5, 0.6) is 0 Å². The maximum absolute atomic E-state index is 11.4. The van der Waals surface area contributed by atoms with Gasteiger partial charge in [0.05, 0.1) is 17.8 Å². The minimum atomic E-state index is -0.524. The van der Waals surface area contributed by atoms with E-state index in [0.717, 1.165) is 5.56 Å². The summed E-state index contributed by atoms with van der Waals surface area (Å²) in [6.07, 6.45) is 0. The first-order chi connectivity index (χ1) is 9.02. The van der Waals surface area contributed by atoms with Crippen molar-refractivity contribution in [2.24, 2.45) is 0 Å². The summed E-state index contributed by atoms with van der Waals surface area (Å²) in [6, 6.07) is 6.73. The molecule has 2 aromatic rings. The smallest absolute Gasteiger partial charge is 0.358 e. The van der Waals surface area contributed by atoms with Crippen LogP contribution >= 0.6 is 23.2 Å². The van der Waals surface area contributed by atoms with E-state index < -0.39 is 5.97 Å². The molecule has 0 aliphatic heterocycles. The lowest BCUT2D eigenvalue weighted by molar-refractivity contribution is 0.0592. The number of carbonyl (C=O) groups excluding carboxylic acids is 1. The Morgan fingerprint density at radius 3 is 2.53 bits per heavy atom. The normalized spacial score (nSPS) is 10.3. The van der Waals surface area contributed by atoms with E-state index in [-0.39, 0.29) is 5.69 Å². The van der Waals surface area contributed by atoms with E-state index in [0.29, 0.717) is 21.3 Å². The van der Waals surface area contributed by atoms with Gasteiger partial charge in [0.2, 0.25) is 0 Å². The summed E-state index contributed by atoms with van der Waals surface area (Å²) >= 11 is 12.0. The van der Waals surface area contributed by atoms with Crippen LogP contribution in [0.25, 0.3) is 11.3 Å². The predicted molar refractivity (Wildman–Crippen MR) is 73.6 cm³/mol. The molecule has 0 N–H and O–H groups in total. The van der Waals surface area contributed by atoms with Crippen LogP contribution < -0.4 is 0 Å². The number of halogens is 2. The van der Waals surface area contributed by atoms with Gasteiger partial charge in [-0.05, 0) is 36.8 Å². The molecule has 0 unspecified atom stereocenters. The van der Waals surface area contributed by atoms with Gasteiger partial charge in [0, 0.05) is 10.6 Å². The number of benzene rings is 1. The van der Waals surface area contributed by atoms with Crippen molar-refractivity contribution in [3.63, 3.8) is 0 Å². The highest BCUT2D eigenvalue weighted by Crippen LogP contribution is 2.30. The molecular weight excluding hydrogens is 287 g/mol. The largest absolute Gasteiger partial charge is 0.464 e. The van der Waals surface area contributed by atoms with Crippen molar-refractivity contribution in [3.8, 4) is 11.3 Å². The fourth-order valence-electron chi connectivity index (χ4n) is 1.64. The third kappa shape index (κ3) is 2.85. The monoisotopic (exact) mass is 296 g/mol. The van der Waals surface area contributed by atoms with Gasteiger partial charge < -0.3 is 4.74 Å². The van der Waals surface area contributed by atoms with E-state index in [2.05, 4.69) is 14.9 Å². The first kappa shape index (κ1) is 13.8. The Bertz CT molecular complexity index is 645. The second-order valence-electron chi connectivity index (χ2n) is 3.88. The average Bonchev–Trinajstić information content (AvgIpc) is 2.38. The van der Waals surface area contributed by atoms with E-state index in [4.69, 9.17) is 23.2 Å². The highest BCUT2D eigenvalue weighted by atomic mass is 35.5. The zero-order valence-electron chi connectivity index (χ0n) is 10.3. The molecule has 0 spiro atoms. The molecule has 0 saturated carbocycles. The second-order valence-corrected chi connectivity index (χ2v) is 4.72. The van der Waals surface area contributed by atoms with Gasteiger partial charge in [0.25, 0.3) is 0 Å². The molecule has 98 valence electrons. The average molecular weight is 297 g/mol. The summed E-state index contributed by atoms with van der Waals surface area (Å²) in [5.74, 6) is -0.524. The maximum atomic E-state index is 11.4. The molecule has 1 aromatic carbocycles. The zero-order valence-corrected chi connectivity index (χ0v) is 11.8. The fourth-order valence-corrected chi connectivity index (χ4v) is 2.14. The minimum absolute atomic E-state index is 0.161. The molecule has 1 heterocycles. The van der Waals surface area contributed by atoms with Crippen molar-refractivity contribution in [2.75, 3.05) is 7.11 Å². The molecule has 6 heteroatoms. The number of hydrogen-bond donors (Lipinski definition) is 0. The fraction of sp³-hybridized carbons (Fsp3) is 0.154. The maximum Gasteiger partial charge on any atom is 0.358 e. The summed E-state index contributed by atoms with van der Waals surface area (Å²) in [5.41, 5.74) is 2.26. The van der Waals surface area contributed by atoms with Gasteiger partial charge in [0.1, 0.15) is 0 Å². The van der Waals surface area contributed by atoms with Crippen LogP contribution in [0.2, 0.25) is 10.0 Å². The number of hydrogen-bond acceptors (Lipinski definition) is 4. The van der Waals surface area contributed by atoms with Crippen LogP contribution in [0.1, 0.15) is 16.1 Å². The van der Waals surface area contributed by atoms with Crippen molar-refractivity contribution < 1.29 is 9.53 Å². The van der Waals surface area contributed by atoms with Crippen molar-refractivity contribution in [1.82, 2.24) is 10.2 Å². The number of methoxy groups -OCH3 is 1. The summed E-state index contributed by atoms with van der Waals surface area (Å²) in [6.45, 7) is 1.82. The SMILES string of the molecule is COC(=O)c1cc(C)c(-c2ccc(Cl)cc2Cl)nn1. The van der Waals surface area contributed by atoms with Crippen LogP contribution in [-0.4, -0.2) is 23.3 Å². The number of ether oxygens (including phenoxy) is 1. The molecule has 2 rings (SSSR count). The summed E-state index contributed by atoms with van der Waals surface area (Å²) in [4.78, 5) is 11.4. The Morgan fingerprint density at radius 2 is 1.95 bits per heavy atom. The van der Waals surface area contributed by atoms with Crippen molar-refractivity contribution in [2.45, 2.75) is 6.92 Å². The number of esters is 1. The van der Waals surface area contributed by atoms with Crippen LogP contribution in [-0.2, 0) is 4.74 Å². The second kappa shape index (κ2) is 5.55. The Kier molecular flexibility index (Phi) is 4.02. The number of rotatable bonds is 2. The van der Waals surface area contributed by atoms with Crippen LogP contribution in [0.3, 0.4) is 0 Å². The first-order valence-corrected chi connectivity index (χ1v) is 6.16. The highest BCUT2D eigenvalue weighted by molar-refractivity contribution is 6.36. The van der Waals surface area contributed by atoms with Gasteiger partial charge in [-0.15, -0.1) is 10.2 Å². The van der Waals surface area contributed by atoms with E-state index >= 15 is 0 Å². The molecule has 0 aliphatic rings. The van der Waals surface area contributed by atoms with Crippen molar-refractivity contribution >= 4 is 29.2 Å². The van der Waals surface area contributed by atoms with Crippen molar-refractivity contribution in [3.05, 3.63) is 45.6 Å². The standard InChI is InChI=1S/C13H10Cl2N2O2/c1-7-5-11(13(18)19-2)16-17-12(7)9-4-3-8(14)6-10(9)15/h3-6H,1-2H3. The summed E-state index contributed by atoms with van der Waals surface area (Å²) in [5, 5.41) is 8.89. The lowest BCUT2D eigenvalue weighted by atomic mass is 10.1. The quantitative estimate of drug-likeness (QED) is 0.795. The van der Waals surface area contributed by atoms with Gasteiger partial charge in [0.15, 0.2) is 5.69 Å². The molecular formula is C13H10Cl2N2O2. The number of aryl methyl sites for hydroxylation is 1. The summed E-state index contributed by atoms with van der Waals surface area (Å²) in [7, 11) is 1.29. The molecule has 0 amide bonds. The molecule has 0 saturated heterocycles. The van der Waals surface area contributed by atoms with E-state index in [9.17, 15) is 4.79 Å².